The molecule has 4 bridgehead atoms. The predicted molar refractivity (Wildman–Crippen MR) is 147 cm³/mol. The van der Waals surface area contributed by atoms with Crippen LogP contribution in [-0.4, -0.2) is 46.7 Å². The topological polar surface area (TPSA) is 76.0 Å². The van der Waals surface area contributed by atoms with Crippen LogP contribution in [0.1, 0.15) is 90.9 Å². The Kier molecular flexibility index (Phi) is 7.02. The number of hydrogen-bond donors (Lipinski definition) is 2. The van der Waals surface area contributed by atoms with E-state index in [1.807, 2.05) is 0 Å². The first kappa shape index (κ1) is 26.5. The summed E-state index contributed by atoms with van der Waals surface area (Å²) in [7, 11) is 0. The average Bonchev–Trinajstić information content (AvgIpc) is 3.20. The molecule has 0 aromatic rings. The maximum atomic E-state index is 12.9. The molecule has 5 atom stereocenters. The molecule has 0 amide bonds. The Labute approximate surface area is 228 Å². The Bertz CT molecular complexity index is 1030. The number of fused-ring (bicyclic) bond motifs is 1. The van der Waals surface area contributed by atoms with Crippen LogP contribution in [0, 0.1) is 29.1 Å². The van der Waals surface area contributed by atoms with Gasteiger partial charge in [0.2, 0.25) is 0 Å². The van der Waals surface area contributed by atoms with Crippen LogP contribution in [0.2, 0.25) is 0 Å². The highest BCUT2D eigenvalue weighted by molar-refractivity contribution is 5.71. The third kappa shape index (κ3) is 4.88. The van der Waals surface area contributed by atoms with Crippen molar-refractivity contribution in [3.05, 3.63) is 47.1 Å². The van der Waals surface area contributed by atoms with E-state index in [-0.39, 0.29) is 29.7 Å². The minimum absolute atomic E-state index is 0.0223. The van der Waals surface area contributed by atoms with Crippen LogP contribution in [0.4, 0.5) is 0 Å². The molecule has 5 heteroatoms. The zero-order valence-electron chi connectivity index (χ0n) is 23.3. The summed E-state index contributed by atoms with van der Waals surface area (Å²) in [4.78, 5) is 12.9. The lowest BCUT2D eigenvalue weighted by molar-refractivity contribution is -0.191. The second-order valence-electron chi connectivity index (χ2n) is 13.8. The largest absolute Gasteiger partial charge is 0.457 e. The number of rotatable bonds is 6. The van der Waals surface area contributed by atoms with Gasteiger partial charge in [0.1, 0.15) is 12.2 Å². The number of aliphatic hydroxyl groups is 2. The Hall–Kier alpha value is -1.69. The standard InChI is InChI=1S/C33H46O5/c1-20-26(14-27(34)15-30(20)35)7-6-25-5-4-10-32(3)28(8-9-29(25)32)21(2)37-19-31(36)38-33-16-22-11-23(17-33)13-24(12-22)18-33/h6-8,21-24,27,29-30,34-35H,1,4-5,9-19H2,2-3H3/t21-,22?,23?,24?,27+,29-,30-,32+,33?/m0/s1. The Balaban J connectivity index is 1.07. The van der Waals surface area contributed by atoms with E-state index in [9.17, 15) is 15.0 Å². The third-order valence-corrected chi connectivity index (χ3v) is 11.1. The van der Waals surface area contributed by atoms with Crippen molar-refractivity contribution >= 4 is 5.97 Å². The molecule has 7 aliphatic carbocycles. The molecule has 208 valence electrons. The quantitative estimate of drug-likeness (QED) is 0.332. The van der Waals surface area contributed by atoms with E-state index < -0.39 is 12.2 Å². The molecule has 7 rings (SSSR count). The molecular formula is C33H46O5. The summed E-state index contributed by atoms with van der Waals surface area (Å²) in [5.41, 5.74) is 4.24. The van der Waals surface area contributed by atoms with E-state index in [2.05, 4.69) is 38.7 Å². The highest BCUT2D eigenvalue weighted by Gasteiger charge is 2.53. The smallest absolute Gasteiger partial charge is 0.332 e. The van der Waals surface area contributed by atoms with Gasteiger partial charge in [0.15, 0.2) is 0 Å². The molecule has 38 heavy (non-hydrogen) atoms. The third-order valence-electron chi connectivity index (χ3n) is 11.1. The number of aliphatic hydroxyl groups excluding tert-OH is 2. The summed E-state index contributed by atoms with van der Waals surface area (Å²) in [5.74, 6) is 2.49. The van der Waals surface area contributed by atoms with Gasteiger partial charge in [-0.05, 0) is 123 Å². The van der Waals surface area contributed by atoms with Crippen molar-refractivity contribution in [2.75, 3.05) is 6.61 Å². The predicted octanol–water partition coefficient (Wildman–Crippen LogP) is 5.96. The van der Waals surface area contributed by atoms with Crippen LogP contribution >= 0.6 is 0 Å². The van der Waals surface area contributed by atoms with E-state index in [1.54, 1.807) is 0 Å². The molecule has 0 spiro atoms. The highest BCUT2D eigenvalue weighted by atomic mass is 16.6. The second kappa shape index (κ2) is 10.1. The Morgan fingerprint density at radius 3 is 2.50 bits per heavy atom. The van der Waals surface area contributed by atoms with Gasteiger partial charge in [-0.1, -0.05) is 37.3 Å². The van der Waals surface area contributed by atoms with Gasteiger partial charge in [-0.3, -0.25) is 0 Å². The van der Waals surface area contributed by atoms with Gasteiger partial charge in [0, 0.05) is 6.42 Å². The van der Waals surface area contributed by atoms with Crippen molar-refractivity contribution < 1.29 is 24.5 Å². The summed E-state index contributed by atoms with van der Waals surface area (Å²) < 4.78 is 12.4. The summed E-state index contributed by atoms with van der Waals surface area (Å²) in [6.45, 7) is 8.54. The lowest BCUT2D eigenvalue weighted by Crippen LogP contribution is -2.53. The maximum Gasteiger partial charge on any atom is 0.332 e. The maximum absolute atomic E-state index is 12.9. The minimum atomic E-state index is -0.660. The van der Waals surface area contributed by atoms with Gasteiger partial charge in [-0.2, -0.15) is 0 Å². The normalized spacial score (nSPS) is 44.8. The van der Waals surface area contributed by atoms with Crippen LogP contribution in [0.25, 0.3) is 0 Å². The molecule has 0 aromatic carbocycles. The van der Waals surface area contributed by atoms with E-state index in [0.717, 1.165) is 73.8 Å². The van der Waals surface area contributed by atoms with Crippen molar-refractivity contribution in [2.45, 2.75) is 115 Å². The second-order valence-corrected chi connectivity index (χ2v) is 13.8. The van der Waals surface area contributed by atoms with Gasteiger partial charge >= 0.3 is 5.97 Å². The van der Waals surface area contributed by atoms with Crippen molar-refractivity contribution in [3.8, 4) is 0 Å². The van der Waals surface area contributed by atoms with E-state index in [4.69, 9.17) is 9.47 Å². The number of carbonyl (C=O) groups excluding carboxylic acids is 1. The lowest BCUT2D eigenvalue weighted by atomic mass is 9.54. The van der Waals surface area contributed by atoms with Crippen LogP contribution < -0.4 is 0 Å². The fourth-order valence-corrected chi connectivity index (χ4v) is 9.66. The molecule has 0 heterocycles. The van der Waals surface area contributed by atoms with E-state index in [1.165, 1.54) is 30.4 Å². The zero-order chi connectivity index (χ0) is 26.7. The van der Waals surface area contributed by atoms with Crippen molar-refractivity contribution in [3.63, 3.8) is 0 Å². The summed E-state index contributed by atoms with van der Waals surface area (Å²) in [6.07, 6.45) is 17.7. The molecule has 2 N–H and O–H groups in total. The van der Waals surface area contributed by atoms with Gasteiger partial charge in [0.05, 0.1) is 18.3 Å². The molecular weight excluding hydrogens is 476 g/mol. The molecule has 6 fully saturated rings. The summed E-state index contributed by atoms with van der Waals surface area (Å²) in [6, 6.07) is 0. The number of allylic oxidation sites excluding steroid dienone is 4. The Morgan fingerprint density at radius 2 is 1.82 bits per heavy atom. The molecule has 6 saturated carbocycles. The van der Waals surface area contributed by atoms with Gasteiger partial charge in [-0.25, -0.2) is 4.79 Å². The fraction of sp³-hybridized carbons (Fsp3) is 0.727. The monoisotopic (exact) mass is 522 g/mol. The molecule has 5 nitrogen and oxygen atoms in total. The number of esters is 1. The molecule has 0 aliphatic heterocycles. The van der Waals surface area contributed by atoms with Crippen molar-refractivity contribution in [2.24, 2.45) is 29.1 Å². The zero-order valence-corrected chi connectivity index (χ0v) is 23.3. The number of carbonyl (C=O) groups is 1. The Morgan fingerprint density at radius 1 is 1.13 bits per heavy atom. The summed E-state index contributed by atoms with van der Waals surface area (Å²) in [5, 5.41) is 20.3. The first-order valence-corrected chi connectivity index (χ1v) is 15.1. The first-order valence-electron chi connectivity index (χ1n) is 15.1. The SMILES string of the molecule is C=C1C(=CC=C2CCC[C@]3(C)C([C@H](C)OCC(=O)OC45CC6CC(CC(C6)C4)C5)=CC[C@@H]23)C[C@@H](O)C[C@@H]1O. The fourth-order valence-electron chi connectivity index (χ4n) is 9.66. The van der Waals surface area contributed by atoms with E-state index >= 15 is 0 Å². The van der Waals surface area contributed by atoms with Crippen molar-refractivity contribution in [1.29, 1.82) is 0 Å². The molecule has 0 unspecified atom stereocenters. The minimum Gasteiger partial charge on any atom is -0.457 e. The summed E-state index contributed by atoms with van der Waals surface area (Å²) >= 11 is 0. The molecule has 7 aliphatic rings. The molecule has 0 aromatic heterocycles. The highest BCUT2D eigenvalue weighted by Crippen LogP contribution is 2.58. The number of ether oxygens (including phenoxy) is 2. The van der Waals surface area contributed by atoms with Gasteiger partial charge in [0.25, 0.3) is 0 Å². The van der Waals surface area contributed by atoms with Crippen LogP contribution in [-0.2, 0) is 14.3 Å². The lowest BCUT2D eigenvalue weighted by Gasteiger charge is -2.55. The van der Waals surface area contributed by atoms with E-state index in [0.29, 0.717) is 18.8 Å². The average molecular weight is 523 g/mol. The van der Waals surface area contributed by atoms with Crippen molar-refractivity contribution in [1.82, 2.24) is 0 Å². The molecule has 0 radical (unpaired) electrons. The molecule has 0 saturated heterocycles. The first-order chi connectivity index (χ1) is 18.1. The van der Waals surface area contributed by atoms with Crippen LogP contribution in [0.5, 0.6) is 0 Å². The van der Waals surface area contributed by atoms with Gasteiger partial charge in [-0.15, -0.1) is 0 Å². The van der Waals surface area contributed by atoms with Crippen LogP contribution in [0.3, 0.4) is 0 Å². The number of hydrogen-bond acceptors (Lipinski definition) is 5. The van der Waals surface area contributed by atoms with Crippen LogP contribution in [0.15, 0.2) is 47.1 Å². The van der Waals surface area contributed by atoms with Gasteiger partial charge < -0.3 is 19.7 Å².